The number of carbonyl (C=O) groups is 2. The van der Waals surface area contributed by atoms with Crippen molar-refractivity contribution in [3.05, 3.63) is 30.3 Å². The molecule has 22 heavy (non-hydrogen) atoms. The van der Waals surface area contributed by atoms with E-state index >= 15 is 0 Å². The zero-order chi connectivity index (χ0) is 15.5. The van der Waals surface area contributed by atoms with Crippen molar-refractivity contribution < 1.29 is 9.59 Å². The first-order chi connectivity index (χ1) is 10.6. The molecule has 2 bridgehead atoms. The summed E-state index contributed by atoms with van der Waals surface area (Å²) in [7, 11) is 0. The predicted octanol–water partition coefficient (Wildman–Crippen LogP) is 2.74. The fourth-order valence-corrected chi connectivity index (χ4v) is 3.83. The van der Waals surface area contributed by atoms with Crippen molar-refractivity contribution in [1.82, 2.24) is 10.2 Å². The normalized spacial score (nSPS) is 27.1. The maximum atomic E-state index is 12.6. The summed E-state index contributed by atoms with van der Waals surface area (Å²) in [4.78, 5) is 25.9. The molecule has 1 unspecified atom stereocenters. The summed E-state index contributed by atoms with van der Waals surface area (Å²) >= 11 is 0. The number of amides is 3. The molecule has 2 heterocycles. The predicted molar refractivity (Wildman–Crippen MR) is 85.6 cm³/mol. The van der Waals surface area contributed by atoms with E-state index < -0.39 is 0 Å². The first kappa shape index (κ1) is 14.9. The molecule has 2 saturated heterocycles. The van der Waals surface area contributed by atoms with Crippen LogP contribution in [0.1, 0.15) is 39.0 Å². The van der Waals surface area contributed by atoms with Crippen molar-refractivity contribution in [2.45, 2.75) is 57.2 Å². The van der Waals surface area contributed by atoms with Crippen LogP contribution in [0.3, 0.4) is 0 Å². The van der Waals surface area contributed by atoms with E-state index in [1.54, 1.807) is 6.92 Å². The van der Waals surface area contributed by atoms with E-state index in [0.717, 1.165) is 37.8 Å². The minimum absolute atomic E-state index is 0.0119. The Kier molecular flexibility index (Phi) is 4.32. The summed E-state index contributed by atoms with van der Waals surface area (Å²) in [5, 5.41) is 6.02. The van der Waals surface area contributed by atoms with Crippen molar-refractivity contribution in [3.8, 4) is 0 Å². The molecule has 0 saturated carbocycles. The minimum Gasteiger partial charge on any atom is -0.353 e. The number of piperidine rings is 2. The number of nitrogens with zero attached hydrogens (tertiary/aromatic N) is 1. The number of fused-ring (bicyclic) bond motifs is 2. The highest BCUT2D eigenvalue weighted by Crippen LogP contribution is 2.34. The lowest BCUT2D eigenvalue weighted by Gasteiger charge is -2.48. The second-order valence-electron chi connectivity index (χ2n) is 6.31. The van der Waals surface area contributed by atoms with Crippen molar-refractivity contribution in [2.24, 2.45) is 0 Å². The van der Waals surface area contributed by atoms with Crippen molar-refractivity contribution in [3.63, 3.8) is 0 Å². The first-order valence-electron chi connectivity index (χ1n) is 8.05. The largest absolute Gasteiger partial charge is 0.353 e. The van der Waals surface area contributed by atoms with Gasteiger partial charge in [-0.1, -0.05) is 18.2 Å². The molecule has 0 aromatic heterocycles. The van der Waals surface area contributed by atoms with Gasteiger partial charge in [0, 0.05) is 30.7 Å². The van der Waals surface area contributed by atoms with Crippen LogP contribution in [0.25, 0.3) is 0 Å². The molecule has 1 aromatic carbocycles. The van der Waals surface area contributed by atoms with Gasteiger partial charge in [0.15, 0.2) is 0 Å². The summed E-state index contributed by atoms with van der Waals surface area (Å²) in [5.41, 5.74) is 0.828. The van der Waals surface area contributed by atoms with Crippen LogP contribution in [0.5, 0.6) is 0 Å². The molecule has 2 aliphatic heterocycles. The minimum atomic E-state index is -0.0119. The third-order valence-electron chi connectivity index (χ3n) is 4.64. The van der Waals surface area contributed by atoms with Crippen LogP contribution in [-0.2, 0) is 4.79 Å². The Bertz CT molecular complexity index is 532. The molecule has 5 heteroatoms. The van der Waals surface area contributed by atoms with Crippen molar-refractivity contribution >= 4 is 17.6 Å². The number of benzene rings is 1. The van der Waals surface area contributed by atoms with Crippen LogP contribution in [0.4, 0.5) is 10.5 Å². The standard InChI is InChI=1S/C17H23N3O2/c1-12(21)18-14-10-15-8-5-9-16(11-14)20(15)17(22)19-13-6-3-2-4-7-13/h2-4,6-7,14-16H,5,8-11H2,1H3,(H,18,21)(H,19,22)/t14?,15-,16+. The maximum Gasteiger partial charge on any atom is 0.322 e. The average Bonchev–Trinajstić information content (AvgIpc) is 2.46. The van der Waals surface area contributed by atoms with Gasteiger partial charge >= 0.3 is 6.03 Å². The SMILES string of the molecule is CC(=O)NC1C[C@H]2CCC[C@@H](C1)N2C(=O)Nc1ccccc1. The van der Waals surface area contributed by atoms with Crippen LogP contribution in [-0.4, -0.2) is 35.0 Å². The van der Waals surface area contributed by atoms with E-state index in [0.29, 0.717) is 0 Å². The van der Waals surface area contributed by atoms with Gasteiger partial charge in [-0.15, -0.1) is 0 Å². The smallest absolute Gasteiger partial charge is 0.322 e. The Labute approximate surface area is 131 Å². The number of hydrogen-bond donors (Lipinski definition) is 2. The number of carbonyl (C=O) groups excluding carboxylic acids is 2. The highest BCUT2D eigenvalue weighted by Gasteiger charge is 2.41. The van der Waals surface area contributed by atoms with Crippen LogP contribution < -0.4 is 10.6 Å². The Morgan fingerprint density at radius 2 is 1.73 bits per heavy atom. The number of urea groups is 1. The summed E-state index contributed by atoms with van der Waals surface area (Å²) < 4.78 is 0. The Morgan fingerprint density at radius 3 is 2.32 bits per heavy atom. The summed E-state index contributed by atoms with van der Waals surface area (Å²) in [6.07, 6.45) is 4.93. The van der Waals surface area contributed by atoms with Gasteiger partial charge in [-0.25, -0.2) is 4.79 Å². The number of anilines is 1. The van der Waals surface area contributed by atoms with Crippen LogP contribution in [0.2, 0.25) is 0 Å². The molecule has 2 fully saturated rings. The maximum absolute atomic E-state index is 12.6. The fraction of sp³-hybridized carbons (Fsp3) is 0.529. The molecule has 0 spiro atoms. The average molecular weight is 301 g/mol. The van der Waals surface area contributed by atoms with Gasteiger partial charge in [0.25, 0.3) is 0 Å². The molecule has 3 amide bonds. The third-order valence-corrected chi connectivity index (χ3v) is 4.64. The lowest BCUT2D eigenvalue weighted by molar-refractivity contribution is -0.120. The molecule has 118 valence electrons. The Hall–Kier alpha value is -2.04. The van der Waals surface area contributed by atoms with Gasteiger partial charge in [0.05, 0.1) is 0 Å². The Balaban J connectivity index is 1.68. The zero-order valence-corrected chi connectivity index (χ0v) is 12.9. The van der Waals surface area contributed by atoms with Gasteiger partial charge in [-0.2, -0.15) is 0 Å². The van der Waals surface area contributed by atoms with Gasteiger partial charge in [0.1, 0.15) is 0 Å². The number of rotatable bonds is 2. The topological polar surface area (TPSA) is 61.4 Å². The third kappa shape index (κ3) is 3.24. The van der Waals surface area contributed by atoms with E-state index in [9.17, 15) is 9.59 Å². The zero-order valence-electron chi connectivity index (χ0n) is 12.9. The highest BCUT2D eigenvalue weighted by molar-refractivity contribution is 5.90. The molecule has 3 rings (SSSR count). The first-order valence-corrected chi connectivity index (χ1v) is 8.05. The molecule has 0 aliphatic carbocycles. The monoisotopic (exact) mass is 301 g/mol. The van der Waals surface area contributed by atoms with E-state index in [2.05, 4.69) is 10.6 Å². The Morgan fingerprint density at radius 1 is 1.09 bits per heavy atom. The van der Waals surface area contributed by atoms with Crippen LogP contribution in [0, 0.1) is 0 Å². The van der Waals surface area contributed by atoms with Gasteiger partial charge < -0.3 is 15.5 Å². The van der Waals surface area contributed by atoms with Crippen LogP contribution >= 0.6 is 0 Å². The molecule has 1 aromatic rings. The number of nitrogens with one attached hydrogen (secondary N) is 2. The molecule has 3 atom stereocenters. The molecule has 2 aliphatic rings. The fourth-order valence-electron chi connectivity index (χ4n) is 3.83. The number of para-hydroxylation sites is 1. The van der Waals surface area contributed by atoms with E-state index in [1.807, 2.05) is 35.2 Å². The lowest BCUT2D eigenvalue weighted by atomic mass is 9.82. The quantitative estimate of drug-likeness (QED) is 0.882. The van der Waals surface area contributed by atoms with Crippen LogP contribution in [0.15, 0.2) is 30.3 Å². The lowest BCUT2D eigenvalue weighted by Crippen LogP contribution is -2.59. The van der Waals surface area contributed by atoms with Gasteiger partial charge in [-0.05, 0) is 44.2 Å². The van der Waals surface area contributed by atoms with Crippen molar-refractivity contribution in [2.75, 3.05) is 5.32 Å². The van der Waals surface area contributed by atoms with E-state index in [1.165, 1.54) is 0 Å². The molecule has 5 nitrogen and oxygen atoms in total. The summed E-state index contributed by atoms with van der Waals surface area (Å²) in [5.74, 6) is 0.0188. The molecular weight excluding hydrogens is 278 g/mol. The highest BCUT2D eigenvalue weighted by atomic mass is 16.2. The second kappa shape index (κ2) is 6.38. The summed E-state index contributed by atoms with van der Waals surface area (Å²) in [6, 6.07) is 10.2. The van der Waals surface area contributed by atoms with Gasteiger partial charge in [-0.3, -0.25) is 4.79 Å². The molecule has 0 radical (unpaired) electrons. The second-order valence-corrected chi connectivity index (χ2v) is 6.31. The number of hydrogen-bond acceptors (Lipinski definition) is 2. The van der Waals surface area contributed by atoms with Crippen molar-refractivity contribution in [1.29, 1.82) is 0 Å². The van der Waals surface area contributed by atoms with E-state index in [4.69, 9.17) is 0 Å². The molecular formula is C17H23N3O2. The van der Waals surface area contributed by atoms with E-state index in [-0.39, 0.29) is 30.1 Å². The summed E-state index contributed by atoms with van der Waals surface area (Å²) in [6.45, 7) is 1.56. The van der Waals surface area contributed by atoms with Gasteiger partial charge in [0.2, 0.25) is 5.91 Å². The molecule has 2 N–H and O–H groups in total.